The van der Waals surface area contributed by atoms with Crippen LogP contribution in [0.15, 0.2) is 30.4 Å². The van der Waals surface area contributed by atoms with Crippen LogP contribution >= 0.6 is 0 Å². The Morgan fingerprint density at radius 2 is 2.23 bits per heavy atom. The van der Waals surface area contributed by atoms with Crippen LogP contribution in [0, 0.1) is 23.7 Å². The van der Waals surface area contributed by atoms with E-state index in [0.717, 1.165) is 23.3 Å². The molecular weight excluding hydrogens is 380 g/mol. The average molecular weight is 413 g/mol. The topological polar surface area (TPSA) is 76.0 Å². The first-order valence-corrected chi connectivity index (χ1v) is 10.8. The van der Waals surface area contributed by atoms with E-state index in [-0.39, 0.29) is 29.8 Å². The lowest BCUT2D eigenvalue weighted by atomic mass is 9.86. The van der Waals surface area contributed by atoms with Gasteiger partial charge in [-0.05, 0) is 31.2 Å². The van der Waals surface area contributed by atoms with Gasteiger partial charge in [0, 0.05) is 36.7 Å². The van der Waals surface area contributed by atoms with Crippen LogP contribution < -0.4 is 4.74 Å². The molecule has 0 amide bonds. The summed E-state index contributed by atoms with van der Waals surface area (Å²) in [6, 6.07) is 6.13. The Balaban J connectivity index is 1.73. The van der Waals surface area contributed by atoms with Crippen LogP contribution in [0.4, 0.5) is 0 Å². The quantitative estimate of drug-likeness (QED) is 0.389. The first-order chi connectivity index (χ1) is 14.5. The van der Waals surface area contributed by atoms with Crippen molar-refractivity contribution in [2.45, 2.75) is 70.2 Å². The molecule has 3 rings (SSSR count). The Kier molecular flexibility index (Phi) is 7.58. The maximum absolute atomic E-state index is 11.4. The summed E-state index contributed by atoms with van der Waals surface area (Å²) in [5.41, 5.74) is 2.20. The number of para-hydroxylation sites is 1. The molecule has 0 spiro atoms. The SMILES string of the molecule is CC#CC[C@H](C)[C@H](O)/C=C/[C@H]1[C@H]2c3cccc(CCCC(=O)OC)c3O[C@H]2C[C@@H]1O. The molecule has 1 fully saturated rings. The molecule has 5 heteroatoms. The molecule has 1 aromatic rings. The number of ether oxygens (including phenoxy) is 2. The van der Waals surface area contributed by atoms with E-state index in [0.29, 0.717) is 25.7 Å². The summed E-state index contributed by atoms with van der Waals surface area (Å²) < 4.78 is 11.0. The van der Waals surface area contributed by atoms with E-state index in [2.05, 4.69) is 17.9 Å². The van der Waals surface area contributed by atoms with Crippen molar-refractivity contribution in [3.63, 3.8) is 0 Å². The number of carbonyl (C=O) groups excluding carboxylic acids is 1. The molecule has 0 radical (unpaired) electrons. The van der Waals surface area contributed by atoms with Crippen LogP contribution in [0.25, 0.3) is 0 Å². The third kappa shape index (κ3) is 4.88. The molecule has 0 saturated heterocycles. The largest absolute Gasteiger partial charge is 0.489 e. The lowest BCUT2D eigenvalue weighted by Crippen LogP contribution is -2.19. The third-order valence-corrected chi connectivity index (χ3v) is 6.26. The highest BCUT2D eigenvalue weighted by molar-refractivity contribution is 5.69. The first-order valence-electron chi connectivity index (χ1n) is 10.8. The summed E-state index contributed by atoms with van der Waals surface area (Å²) in [5.74, 6) is 6.58. The molecule has 2 N–H and O–H groups in total. The molecule has 0 unspecified atom stereocenters. The lowest BCUT2D eigenvalue weighted by Gasteiger charge is -2.19. The number of rotatable bonds is 8. The van der Waals surface area contributed by atoms with Gasteiger partial charge in [-0.2, -0.15) is 0 Å². The molecule has 1 heterocycles. The molecule has 0 aromatic heterocycles. The molecule has 0 bridgehead atoms. The number of benzene rings is 1. The summed E-state index contributed by atoms with van der Waals surface area (Å²) in [4.78, 5) is 11.4. The molecule has 1 aromatic carbocycles. The van der Waals surface area contributed by atoms with E-state index in [4.69, 9.17) is 9.47 Å². The Labute approximate surface area is 179 Å². The van der Waals surface area contributed by atoms with Crippen molar-refractivity contribution in [1.82, 2.24) is 0 Å². The monoisotopic (exact) mass is 412 g/mol. The summed E-state index contributed by atoms with van der Waals surface area (Å²) in [6.07, 6.45) is 5.66. The lowest BCUT2D eigenvalue weighted by molar-refractivity contribution is -0.140. The zero-order valence-electron chi connectivity index (χ0n) is 18.0. The molecule has 5 nitrogen and oxygen atoms in total. The van der Waals surface area contributed by atoms with E-state index >= 15 is 0 Å². The van der Waals surface area contributed by atoms with E-state index in [1.54, 1.807) is 13.0 Å². The molecule has 2 aliphatic rings. The highest BCUT2D eigenvalue weighted by Crippen LogP contribution is 2.52. The second kappa shape index (κ2) is 10.1. The van der Waals surface area contributed by atoms with Crippen LogP contribution in [-0.2, 0) is 16.0 Å². The minimum absolute atomic E-state index is 0.0385. The number of hydrogen-bond acceptors (Lipinski definition) is 5. The fraction of sp³-hybridized carbons (Fsp3) is 0.560. The van der Waals surface area contributed by atoms with Crippen molar-refractivity contribution in [2.75, 3.05) is 7.11 Å². The van der Waals surface area contributed by atoms with Gasteiger partial charge in [-0.1, -0.05) is 37.3 Å². The molecule has 6 atom stereocenters. The van der Waals surface area contributed by atoms with E-state index in [9.17, 15) is 15.0 Å². The van der Waals surface area contributed by atoms with Gasteiger partial charge in [0.15, 0.2) is 0 Å². The van der Waals surface area contributed by atoms with Crippen molar-refractivity contribution < 1.29 is 24.5 Å². The molecular formula is C25H32O5. The first kappa shape index (κ1) is 22.4. The van der Waals surface area contributed by atoms with E-state index < -0.39 is 12.2 Å². The highest BCUT2D eigenvalue weighted by atomic mass is 16.5. The van der Waals surface area contributed by atoms with Gasteiger partial charge < -0.3 is 19.7 Å². The van der Waals surface area contributed by atoms with Gasteiger partial charge in [-0.3, -0.25) is 4.79 Å². The van der Waals surface area contributed by atoms with Gasteiger partial charge in [0.1, 0.15) is 11.9 Å². The fourth-order valence-electron chi connectivity index (χ4n) is 4.51. The van der Waals surface area contributed by atoms with Crippen molar-refractivity contribution in [3.05, 3.63) is 41.5 Å². The standard InChI is InChI=1S/C25H32O5/c1-4-5-8-16(2)20(26)14-13-18-21(27)15-22-24(18)19-11-6-9-17(25(19)30-22)10-7-12-23(28)29-3/h6,9,11,13-14,16,18,20-22,24,26-27H,7-8,10,12,15H2,1-3H3/b14-13+/t16-,18+,20+,21-,22-,24-/m0/s1. The third-order valence-electron chi connectivity index (χ3n) is 6.26. The van der Waals surface area contributed by atoms with Gasteiger partial charge in [-0.15, -0.1) is 11.8 Å². The maximum atomic E-state index is 11.4. The number of aryl methyl sites for hydroxylation is 1. The smallest absolute Gasteiger partial charge is 0.305 e. The van der Waals surface area contributed by atoms with Crippen molar-refractivity contribution >= 4 is 5.97 Å². The van der Waals surface area contributed by atoms with Crippen LogP contribution in [-0.4, -0.2) is 41.6 Å². The van der Waals surface area contributed by atoms with Gasteiger partial charge >= 0.3 is 5.97 Å². The minimum Gasteiger partial charge on any atom is -0.489 e. The van der Waals surface area contributed by atoms with E-state index in [1.807, 2.05) is 25.1 Å². The number of fused-ring (bicyclic) bond motifs is 3. The van der Waals surface area contributed by atoms with Crippen molar-refractivity contribution in [2.24, 2.45) is 11.8 Å². The van der Waals surface area contributed by atoms with Gasteiger partial charge in [0.05, 0.1) is 19.3 Å². The summed E-state index contributed by atoms with van der Waals surface area (Å²) >= 11 is 0. The Morgan fingerprint density at radius 1 is 1.43 bits per heavy atom. The van der Waals surface area contributed by atoms with Crippen LogP contribution in [0.3, 0.4) is 0 Å². The Morgan fingerprint density at radius 3 is 2.97 bits per heavy atom. The molecule has 30 heavy (non-hydrogen) atoms. The highest BCUT2D eigenvalue weighted by Gasteiger charge is 2.48. The second-order valence-corrected chi connectivity index (χ2v) is 8.31. The number of aliphatic hydroxyl groups is 2. The summed E-state index contributed by atoms with van der Waals surface area (Å²) in [6.45, 7) is 3.77. The molecule has 1 aliphatic heterocycles. The summed E-state index contributed by atoms with van der Waals surface area (Å²) in [5, 5.41) is 21.1. The minimum atomic E-state index is -0.594. The van der Waals surface area contributed by atoms with E-state index in [1.165, 1.54) is 7.11 Å². The fourth-order valence-corrected chi connectivity index (χ4v) is 4.51. The molecule has 1 saturated carbocycles. The molecule has 1 aliphatic carbocycles. The van der Waals surface area contributed by atoms with Crippen LogP contribution in [0.5, 0.6) is 5.75 Å². The number of carbonyl (C=O) groups is 1. The van der Waals surface area contributed by atoms with Crippen molar-refractivity contribution in [3.8, 4) is 17.6 Å². The van der Waals surface area contributed by atoms with Crippen molar-refractivity contribution in [1.29, 1.82) is 0 Å². The number of methoxy groups -OCH3 is 1. The predicted molar refractivity (Wildman–Crippen MR) is 115 cm³/mol. The number of esters is 1. The van der Waals surface area contributed by atoms with Crippen LogP contribution in [0.1, 0.15) is 56.6 Å². The molecule has 162 valence electrons. The average Bonchev–Trinajstić information content (AvgIpc) is 3.25. The van der Waals surface area contributed by atoms with Gasteiger partial charge in [0.25, 0.3) is 0 Å². The maximum Gasteiger partial charge on any atom is 0.305 e. The number of aliphatic hydroxyl groups excluding tert-OH is 2. The van der Waals surface area contributed by atoms with Crippen LogP contribution in [0.2, 0.25) is 0 Å². The van der Waals surface area contributed by atoms with Gasteiger partial charge in [0.2, 0.25) is 0 Å². The zero-order chi connectivity index (χ0) is 21.7. The zero-order valence-corrected chi connectivity index (χ0v) is 18.0. The predicted octanol–water partition coefficient (Wildman–Crippen LogP) is 3.37. The Hall–Kier alpha value is -2.29. The summed E-state index contributed by atoms with van der Waals surface area (Å²) in [7, 11) is 1.40. The Bertz CT molecular complexity index is 834. The second-order valence-electron chi connectivity index (χ2n) is 8.31. The number of hydrogen-bond donors (Lipinski definition) is 2. The van der Waals surface area contributed by atoms with Gasteiger partial charge in [-0.25, -0.2) is 0 Å². The normalized spacial score (nSPS) is 26.3.